The van der Waals surface area contributed by atoms with Crippen LogP contribution in [0, 0.1) is 12.8 Å². The number of thioether (sulfide) groups is 1. The molecule has 2 aromatic rings. The van der Waals surface area contributed by atoms with Crippen LogP contribution in [0.4, 0.5) is 0 Å². The number of amides is 1. The number of rotatable bonds is 6. The van der Waals surface area contributed by atoms with E-state index < -0.39 is 0 Å². The van der Waals surface area contributed by atoms with Gasteiger partial charge in [-0.3, -0.25) is 4.79 Å². The number of hydrogen-bond acceptors (Lipinski definition) is 5. The summed E-state index contributed by atoms with van der Waals surface area (Å²) in [4.78, 5) is 11.8. The van der Waals surface area contributed by atoms with Crippen LogP contribution in [0.2, 0.25) is 0 Å². The lowest BCUT2D eigenvalue weighted by atomic mass is 10.1. The topological polar surface area (TPSA) is 68.0 Å². The summed E-state index contributed by atoms with van der Waals surface area (Å²) in [6, 6.07) is 8.02. The van der Waals surface area contributed by atoms with Crippen molar-refractivity contribution in [1.29, 1.82) is 0 Å². The summed E-state index contributed by atoms with van der Waals surface area (Å²) in [6.45, 7) is 8.17. The Hall–Kier alpha value is -1.82. The third-order valence-corrected chi connectivity index (χ3v) is 4.24. The third kappa shape index (κ3) is 4.59. The lowest BCUT2D eigenvalue weighted by molar-refractivity contribution is -0.119. The minimum atomic E-state index is -0.0266. The van der Waals surface area contributed by atoms with Gasteiger partial charge >= 0.3 is 0 Å². The SMILES string of the molecule is Cc1ccc(-c2nnc(SCC(=O)N[C@H](C)C(C)C)o2)cc1. The van der Waals surface area contributed by atoms with Gasteiger partial charge in [0.2, 0.25) is 11.8 Å². The average Bonchev–Trinajstić information content (AvgIpc) is 2.94. The molecule has 0 spiro atoms. The largest absolute Gasteiger partial charge is 0.411 e. The predicted molar refractivity (Wildman–Crippen MR) is 87.6 cm³/mol. The first-order valence-electron chi connectivity index (χ1n) is 7.28. The zero-order valence-corrected chi connectivity index (χ0v) is 14.1. The summed E-state index contributed by atoms with van der Waals surface area (Å²) in [6.07, 6.45) is 0. The molecule has 0 radical (unpaired) electrons. The number of carbonyl (C=O) groups excluding carboxylic acids is 1. The molecule has 0 saturated carbocycles. The summed E-state index contributed by atoms with van der Waals surface area (Å²) in [5, 5.41) is 11.3. The summed E-state index contributed by atoms with van der Waals surface area (Å²) in [5.74, 6) is 1.12. The third-order valence-electron chi connectivity index (χ3n) is 3.42. The van der Waals surface area contributed by atoms with Crippen molar-refractivity contribution in [2.24, 2.45) is 5.92 Å². The zero-order chi connectivity index (χ0) is 16.1. The number of aromatic nitrogens is 2. The molecule has 5 nitrogen and oxygen atoms in total. The Labute approximate surface area is 134 Å². The van der Waals surface area contributed by atoms with Crippen LogP contribution in [0.5, 0.6) is 0 Å². The molecule has 0 aliphatic heterocycles. The second-order valence-electron chi connectivity index (χ2n) is 5.63. The van der Waals surface area contributed by atoms with Crippen molar-refractivity contribution in [1.82, 2.24) is 15.5 Å². The number of aryl methyl sites for hydroxylation is 1. The van der Waals surface area contributed by atoms with E-state index in [9.17, 15) is 4.79 Å². The monoisotopic (exact) mass is 319 g/mol. The maximum Gasteiger partial charge on any atom is 0.277 e. The van der Waals surface area contributed by atoms with E-state index in [2.05, 4.69) is 29.4 Å². The summed E-state index contributed by atoms with van der Waals surface area (Å²) in [5.41, 5.74) is 2.05. The van der Waals surface area contributed by atoms with Gasteiger partial charge in [0.25, 0.3) is 5.22 Å². The fourth-order valence-electron chi connectivity index (χ4n) is 1.67. The Bertz CT molecular complexity index is 623. The molecule has 1 heterocycles. The molecule has 1 aromatic heterocycles. The van der Waals surface area contributed by atoms with Gasteiger partial charge in [-0.15, -0.1) is 10.2 Å². The number of hydrogen-bond donors (Lipinski definition) is 1. The number of carbonyl (C=O) groups is 1. The molecule has 0 bridgehead atoms. The maximum atomic E-state index is 11.8. The van der Waals surface area contributed by atoms with E-state index in [1.807, 2.05) is 38.1 Å². The van der Waals surface area contributed by atoms with Gasteiger partial charge in [-0.05, 0) is 31.9 Å². The first-order valence-corrected chi connectivity index (χ1v) is 8.27. The minimum Gasteiger partial charge on any atom is -0.411 e. The minimum absolute atomic E-state index is 0.0266. The Morgan fingerprint density at radius 1 is 1.23 bits per heavy atom. The highest BCUT2D eigenvalue weighted by Crippen LogP contribution is 2.23. The second kappa shape index (κ2) is 7.45. The van der Waals surface area contributed by atoms with Crippen LogP contribution in [0.25, 0.3) is 11.5 Å². The highest BCUT2D eigenvalue weighted by Gasteiger charge is 2.14. The van der Waals surface area contributed by atoms with Gasteiger partial charge in [-0.1, -0.05) is 43.3 Å². The second-order valence-corrected chi connectivity index (χ2v) is 6.55. The Kier molecular flexibility index (Phi) is 5.60. The van der Waals surface area contributed by atoms with Crippen LogP contribution in [-0.4, -0.2) is 27.9 Å². The molecule has 0 aliphatic carbocycles. The van der Waals surface area contributed by atoms with Crippen molar-refractivity contribution in [2.45, 2.75) is 39.0 Å². The molecule has 1 atom stereocenters. The number of benzene rings is 1. The molecule has 0 saturated heterocycles. The number of nitrogens with one attached hydrogen (secondary N) is 1. The molecule has 22 heavy (non-hydrogen) atoms. The summed E-state index contributed by atoms with van der Waals surface area (Å²) >= 11 is 1.25. The van der Waals surface area contributed by atoms with Crippen molar-refractivity contribution < 1.29 is 9.21 Å². The highest BCUT2D eigenvalue weighted by atomic mass is 32.2. The first-order chi connectivity index (χ1) is 10.5. The van der Waals surface area contributed by atoms with Gasteiger partial charge in [0.1, 0.15) is 0 Å². The Morgan fingerprint density at radius 3 is 2.55 bits per heavy atom. The van der Waals surface area contributed by atoms with Crippen molar-refractivity contribution in [2.75, 3.05) is 5.75 Å². The van der Waals surface area contributed by atoms with E-state index in [0.717, 1.165) is 5.56 Å². The molecule has 0 aliphatic rings. The quantitative estimate of drug-likeness (QED) is 0.827. The predicted octanol–water partition coefficient (Wildman–Crippen LogP) is 3.30. The van der Waals surface area contributed by atoms with Gasteiger partial charge in [-0.25, -0.2) is 0 Å². The standard InChI is InChI=1S/C16H21N3O2S/c1-10(2)12(4)17-14(20)9-22-16-19-18-15(21-16)13-7-5-11(3)6-8-13/h5-8,10,12H,9H2,1-4H3,(H,17,20)/t12-/m1/s1. The van der Waals surface area contributed by atoms with E-state index in [-0.39, 0.29) is 17.7 Å². The van der Waals surface area contributed by atoms with Crippen molar-refractivity contribution >= 4 is 17.7 Å². The molecule has 118 valence electrons. The van der Waals surface area contributed by atoms with Crippen LogP contribution in [-0.2, 0) is 4.79 Å². The van der Waals surface area contributed by atoms with Crippen molar-refractivity contribution in [3.8, 4) is 11.5 Å². The smallest absolute Gasteiger partial charge is 0.277 e. The normalized spacial score (nSPS) is 12.4. The summed E-state index contributed by atoms with van der Waals surface area (Å²) in [7, 11) is 0. The molecule has 0 unspecified atom stereocenters. The van der Waals surface area contributed by atoms with Gasteiger partial charge < -0.3 is 9.73 Å². The molecule has 1 aromatic carbocycles. The van der Waals surface area contributed by atoms with E-state index in [4.69, 9.17) is 4.42 Å². The molecule has 1 N–H and O–H groups in total. The number of nitrogens with zero attached hydrogens (tertiary/aromatic N) is 2. The molecular formula is C16H21N3O2S. The Morgan fingerprint density at radius 2 is 1.91 bits per heavy atom. The van der Waals surface area contributed by atoms with Crippen molar-refractivity contribution in [3.63, 3.8) is 0 Å². The lowest BCUT2D eigenvalue weighted by Crippen LogP contribution is -2.37. The molecule has 1 amide bonds. The summed E-state index contributed by atoms with van der Waals surface area (Å²) < 4.78 is 5.57. The van der Waals surface area contributed by atoms with Crippen molar-refractivity contribution in [3.05, 3.63) is 29.8 Å². The van der Waals surface area contributed by atoms with E-state index in [0.29, 0.717) is 17.0 Å². The zero-order valence-electron chi connectivity index (χ0n) is 13.3. The van der Waals surface area contributed by atoms with E-state index in [1.165, 1.54) is 17.3 Å². The van der Waals surface area contributed by atoms with Gasteiger partial charge in [-0.2, -0.15) is 0 Å². The van der Waals surface area contributed by atoms with E-state index >= 15 is 0 Å². The van der Waals surface area contributed by atoms with Crippen LogP contribution in [0.3, 0.4) is 0 Å². The van der Waals surface area contributed by atoms with Crippen LogP contribution in [0.1, 0.15) is 26.3 Å². The fraction of sp³-hybridized carbons (Fsp3) is 0.438. The molecule has 0 fully saturated rings. The van der Waals surface area contributed by atoms with Crippen LogP contribution in [0.15, 0.2) is 33.9 Å². The van der Waals surface area contributed by atoms with Gasteiger partial charge in [0.05, 0.1) is 5.75 Å². The lowest BCUT2D eigenvalue weighted by Gasteiger charge is -2.16. The molecule has 2 rings (SSSR count). The van der Waals surface area contributed by atoms with Crippen LogP contribution >= 0.6 is 11.8 Å². The molecule has 6 heteroatoms. The van der Waals surface area contributed by atoms with E-state index in [1.54, 1.807) is 0 Å². The van der Waals surface area contributed by atoms with Crippen LogP contribution < -0.4 is 5.32 Å². The maximum absolute atomic E-state index is 11.8. The fourth-order valence-corrected chi connectivity index (χ4v) is 2.24. The highest BCUT2D eigenvalue weighted by molar-refractivity contribution is 7.99. The Balaban J connectivity index is 1.90. The average molecular weight is 319 g/mol. The molecular weight excluding hydrogens is 298 g/mol. The van der Waals surface area contributed by atoms with Gasteiger partial charge in [0.15, 0.2) is 0 Å². The first kappa shape index (κ1) is 16.5. The van der Waals surface area contributed by atoms with Gasteiger partial charge in [0, 0.05) is 11.6 Å².